The number of imidazole rings is 1. The van der Waals surface area contributed by atoms with Crippen LogP contribution in [0.3, 0.4) is 0 Å². The van der Waals surface area contributed by atoms with Gasteiger partial charge in [0.05, 0.1) is 24.8 Å². The van der Waals surface area contributed by atoms with Gasteiger partial charge in [0.15, 0.2) is 0 Å². The first-order valence-corrected chi connectivity index (χ1v) is 9.60. The number of nitrogens with zero attached hydrogens (tertiary/aromatic N) is 2. The predicted octanol–water partition coefficient (Wildman–Crippen LogP) is 6.26. The van der Waals surface area contributed by atoms with Crippen molar-refractivity contribution in [2.45, 2.75) is 19.6 Å². The van der Waals surface area contributed by atoms with Crippen LogP contribution in [0.5, 0.6) is 0 Å². The Labute approximate surface area is 182 Å². The Balaban J connectivity index is 0.00000256. The first kappa shape index (κ1) is 21.8. The van der Waals surface area contributed by atoms with Crippen LogP contribution in [0.4, 0.5) is 4.39 Å². The van der Waals surface area contributed by atoms with E-state index in [1.165, 1.54) is 6.07 Å². The molecule has 0 N–H and O–H groups in total. The fraction of sp³-hybridized carbons (Fsp3) is 0.160. The summed E-state index contributed by atoms with van der Waals surface area (Å²) < 4.78 is 23.0. The molecule has 0 aliphatic carbocycles. The first-order chi connectivity index (χ1) is 14.1. The molecule has 0 aliphatic heterocycles. The van der Waals surface area contributed by atoms with Crippen molar-refractivity contribution in [3.8, 4) is 11.1 Å². The van der Waals surface area contributed by atoms with Gasteiger partial charge in [-0.25, -0.2) is 9.37 Å². The minimum absolute atomic E-state index is 0. The number of ether oxygens (including phenoxy) is 1. The van der Waals surface area contributed by atoms with Crippen LogP contribution in [0.2, 0.25) is 0 Å². The summed E-state index contributed by atoms with van der Waals surface area (Å²) in [5, 5.41) is 0. The monoisotopic (exact) mass is 422 g/mol. The molecule has 0 aliphatic rings. The number of aromatic nitrogens is 2. The Morgan fingerprint density at radius 2 is 1.70 bits per heavy atom. The smallest absolute Gasteiger partial charge is 0.131 e. The maximum absolute atomic E-state index is 14.7. The largest absolute Gasteiger partial charge is 0.363 e. The van der Waals surface area contributed by atoms with Gasteiger partial charge in [0, 0.05) is 12.6 Å². The molecule has 0 amide bonds. The van der Waals surface area contributed by atoms with Crippen LogP contribution in [0.1, 0.15) is 28.5 Å². The van der Waals surface area contributed by atoms with Crippen molar-refractivity contribution in [3.63, 3.8) is 0 Å². The van der Waals surface area contributed by atoms with Gasteiger partial charge in [-0.2, -0.15) is 0 Å². The lowest BCUT2D eigenvalue weighted by Crippen LogP contribution is -2.11. The molecule has 1 aromatic heterocycles. The van der Waals surface area contributed by atoms with E-state index in [2.05, 4.69) is 4.98 Å². The second kappa shape index (κ2) is 9.70. The number of rotatable bonds is 6. The second-order valence-corrected chi connectivity index (χ2v) is 7.16. The average molecular weight is 423 g/mol. The standard InChI is InChI=1S/C25H23FN2O.ClH/c1-18-8-6-7-11-21(18)22-14-20(12-13-23(22)26)25(24-15-27-17-28(24)2)29-16-19-9-4-3-5-10-19;/h3-15,17,25H,16H2,1-2H3;1H. The Hall–Kier alpha value is -2.95. The molecule has 3 nitrogen and oxygen atoms in total. The quantitative estimate of drug-likeness (QED) is 0.366. The Morgan fingerprint density at radius 3 is 2.40 bits per heavy atom. The van der Waals surface area contributed by atoms with E-state index in [4.69, 9.17) is 4.74 Å². The third-order valence-corrected chi connectivity index (χ3v) is 5.11. The third-order valence-electron chi connectivity index (χ3n) is 5.11. The molecule has 0 bridgehead atoms. The van der Waals surface area contributed by atoms with Gasteiger partial charge in [0.1, 0.15) is 11.9 Å². The van der Waals surface area contributed by atoms with Gasteiger partial charge in [0.2, 0.25) is 0 Å². The van der Waals surface area contributed by atoms with Crippen molar-refractivity contribution in [1.29, 1.82) is 0 Å². The lowest BCUT2D eigenvalue weighted by atomic mass is 9.96. The summed E-state index contributed by atoms with van der Waals surface area (Å²) in [7, 11) is 1.94. The summed E-state index contributed by atoms with van der Waals surface area (Å²) in [6, 6.07) is 23.1. The molecule has 30 heavy (non-hydrogen) atoms. The van der Waals surface area contributed by atoms with Gasteiger partial charge < -0.3 is 9.30 Å². The fourth-order valence-corrected chi connectivity index (χ4v) is 3.51. The normalized spacial score (nSPS) is 11.7. The van der Waals surface area contributed by atoms with Crippen LogP contribution < -0.4 is 0 Å². The number of halogens is 2. The molecular weight excluding hydrogens is 399 g/mol. The molecule has 0 spiro atoms. The molecule has 4 rings (SSSR count). The van der Waals surface area contributed by atoms with E-state index in [-0.39, 0.29) is 24.3 Å². The highest BCUT2D eigenvalue weighted by Crippen LogP contribution is 2.33. The number of aryl methyl sites for hydroxylation is 2. The van der Waals surface area contributed by atoms with Crippen LogP contribution in [0.15, 0.2) is 85.3 Å². The van der Waals surface area contributed by atoms with E-state index in [0.717, 1.165) is 27.9 Å². The van der Waals surface area contributed by atoms with E-state index < -0.39 is 0 Å². The number of benzene rings is 3. The molecule has 5 heteroatoms. The van der Waals surface area contributed by atoms with Gasteiger partial charge in [0.25, 0.3) is 0 Å². The van der Waals surface area contributed by atoms with Gasteiger partial charge >= 0.3 is 0 Å². The summed E-state index contributed by atoms with van der Waals surface area (Å²) in [5.41, 5.74) is 5.40. The van der Waals surface area contributed by atoms with Gasteiger partial charge in [-0.1, -0.05) is 60.7 Å². The second-order valence-electron chi connectivity index (χ2n) is 7.16. The molecule has 0 saturated heterocycles. The highest BCUT2D eigenvalue weighted by atomic mass is 35.5. The molecule has 0 fully saturated rings. The van der Waals surface area contributed by atoms with E-state index >= 15 is 0 Å². The minimum atomic E-state index is -0.355. The lowest BCUT2D eigenvalue weighted by molar-refractivity contribution is 0.0622. The summed E-state index contributed by atoms with van der Waals surface area (Å²) in [5.74, 6) is -0.241. The van der Waals surface area contributed by atoms with Gasteiger partial charge in [-0.15, -0.1) is 12.4 Å². The van der Waals surface area contributed by atoms with Crippen molar-refractivity contribution in [1.82, 2.24) is 9.55 Å². The van der Waals surface area contributed by atoms with Gasteiger partial charge in [-0.05, 0) is 41.3 Å². The summed E-state index contributed by atoms with van der Waals surface area (Å²) in [4.78, 5) is 4.24. The van der Waals surface area contributed by atoms with Crippen molar-refractivity contribution in [3.05, 3.63) is 114 Å². The van der Waals surface area contributed by atoms with Crippen LogP contribution >= 0.6 is 12.4 Å². The average Bonchev–Trinajstić information content (AvgIpc) is 3.16. The molecule has 154 valence electrons. The highest BCUT2D eigenvalue weighted by molar-refractivity contribution is 5.85. The van der Waals surface area contributed by atoms with Crippen LogP contribution in [0.25, 0.3) is 11.1 Å². The molecule has 4 aromatic rings. The van der Waals surface area contributed by atoms with E-state index in [1.807, 2.05) is 79.2 Å². The number of hydrogen-bond donors (Lipinski definition) is 0. The van der Waals surface area contributed by atoms with E-state index in [0.29, 0.717) is 12.2 Å². The molecule has 1 atom stereocenters. The summed E-state index contributed by atoms with van der Waals surface area (Å²) >= 11 is 0. The predicted molar refractivity (Wildman–Crippen MR) is 120 cm³/mol. The van der Waals surface area contributed by atoms with Crippen LogP contribution in [-0.2, 0) is 18.4 Å². The minimum Gasteiger partial charge on any atom is -0.363 e. The van der Waals surface area contributed by atoms with E-state index in [9.17, 15) is 4.39 Å². The molecule has 1 unspecified atom stereocenters. The topological polar surface area (TPSA) is 27.1 Å². The maximum atomic E-state index is 14.7. The molecular formula is C25H24ClFN2O. The van der Waals surface area contributed by atoms with Crippen LogP contribution in [-0.4, -0.2) is 9.55 Å². The van der Waals surface area contributed by atoms with Crippen molar-refractivity contribution in [2.24, 2.45) is 7.05 Å². The molecule has 3 aromatic carbocycles. The molecule has 0 saturated carbocycles. The SMILES string of the molecule is Cc1ccccc1-c1cc(C(OCc2ccccc2)c2cncn2C)ccc1F.Cl. The van der Waals surface area contributed by atoms with E-state index in [1.54, 1.807) is 18.6 Å². The van der Waals surface area contributed by atoms with Crippen molar-refractivity contribution < 1.29 is 9.13 Å². The van der Waals surface area contributed by atoms with Crippen LogP contribution in [0, 0.1) is 12.7 Å². The lowest BCUT2D eigenvalue weighted by Gasteiger charge is -2.20. The first-order valence-electron chi connectivity index (χ1n) is 9.60. The zero-order valence-corrected chi connectivity index (χ0v) is 17.8. The molecule has 1 heterocycles. The Kier molecular flexibility index (Phi) is 7.03. The Morgan fingerprint density at radius 1 is 0.967 bits per heavy atom. The number of hydrogen-bond acceptors (Lipinski definition) is 2. The zero-order valence-electron chi connectivity index (χ0n) is 17.0. The highest BCUT2D eigenvalue weighted by Gasteiger charge is 2.20. The van der Waals surface area contributed by atoms with Gasteiger partial charge in [-0.3, -0.25) is 0 Å². The summed E-state index contributed by atoms with van der Waals surface area (Å²) in [6.07, 6.45) is 3.19. The van der Waals surface area contributed by atoms with Crippen molar-refractivity contribution in [2.75, 3.05) is 0 Å². The maximum Gasteiger partial charge on any atom is 0.131 e. The van der Waals surface area contributed by atoms with Crippen molar-refractivity contribution >= 4 is 12.4 Å². The fourth-order valence-electron chi connectivity index (χ4n) is 3.51. The molecule has 0 radical (unpaired) electrons. The third kappa shape index (κ3) is 4.61. The summed E-state index contributed by atoms with van der Waals surface area (Å²) in [6.45, 7) is 2.44. The zero-order chi connectivity index (χ0) is 20.2. The Bertz CT molecular complexity index is 1110.